The van der Waals surface area contributed by atoms with Crippen LogP contribution in [0.15, 0.2) is 12.3 Å². The van der Waals surface area contributed by atoms with Crippen LogP contribution in [-0.2, 0) is 28.5 Å². The van der Waals surface area contributed by atoms with Crippen molar-refractivity contribution in [1.82, 2.24) is 0 Å². The SMILES string of the molecule is C/C=C/O[C@]1(C(=O)[O-])C[C@@H](O[C@@]2(C(=O)[O-])O[C@H]([C@H](O)CO)[C@H](O)[C@H](O)[C@@H]2O)[C@@H](O)[C@@H]([C@H](O)CO)O1. The lowest BCUT2D eigenvalue weighted by Crippen LogP contribution is -2.75. The minimum absolute atomic E-state index is 0.834. The molecule has 0 amide bonds. The van der Waals surface area contributed by atoms with Crippen molar-refractivity contribution in [3.8, 4) is 0 Å². The van der Waals surface area contributed by atoms with Gasteiger partial charge in [-0.1, -0.05) is 6.08 Å². The van der Waals surface area contributed by atoms with Crippen LogP contribution in [0.25, 0.3) is 0 Å². The number of aliphatic hydroxyl groups is 8. The molecule has 0 saturated carbocycles. The first-order chi connectivity index (χ1) is 16.3. The van der Waals surface area contributed by atoms with Crippen molar-refractivity contribution in [2.75, 3.05) is 13.2 Å². The second-order valence-electron chi connectivity index (χ2n) is 8.02. The summed E-state index contributed by atoms with van der Waals surface area (Å²) in [5.41, 5.74) is 0. The van der Waals surface area contributed by atoms with Gasteiger partial charge in [-0.05, 0) is 6.92 Å². The fourth-order valence-electron chi connectivity index (χ4n) is 3.79. The predicted molar refractivity (Wildman–Crippen MR) is 101 cm³/mol. The van der Waals surface area contributed by atoms with Crippen molar-refractivity contribution < 1.29 is 79.6 Å². The molecule has 16 heteroatoms. The smallest absolute Gasteiger partial charge is 0.253 e. The molecule has 2 fully saturated rings. The molecule has 202 valence electrons. The van der Waals surface area contributed by atoms with Crippen molar-refractivity contribution in [2.45, 2.75) is 79.9 Å². The van der Waals surface area contributed by atoms with E-state index in [9.17, 15) is 60.7 Å². The Morgan fingerprint density at radius 1 is 0.971 bits per heavy atom. The van der Waals surface area contributed by atoms with E-state index in [1.807, 2.05) is 0 Å². The zero-order valence-electron chi connectivity index (χ0n) is 18.3. The number of rotatable bonds is 10. The zero-order valence-corrected chi connectivity index (χ0v) is 18.3. The van der Waals surface area contributed by atoms with Crippen molar-refractivity contribution >= 4 is 11.9 Å². The highest BCUT2D eigenvalue weighted by molar-refractivity contribution is 5.75. The number of aliphatic hydroxyl groups excluding tert-OH is 8. The Balaban J connectivity index is 2.56. The number of hydrogen-bond acceptors (Lipinski definition) is 16. The molecule has 2 rings (SSSR count). The number of hydrogen-bond donors (Lipinski definition) is 8. The highest BCUT2D eigenvalue weighted by Crippen LogP contribution is 2.39. The number of carbonyl (C=O) groups is 2. The van der Waals surface area contributed by atoms with Crippen LogP contribution in [-0.4, -0.2) is 133 Å². The molecule has 2 aliphatic heterocycles. The molecule has 2 saturated heterocycles. The molecule has 2 heterocycles. The molecule has 0 aromatic heterocycles. The Morgan fingerprint density at radius 3 is 1.97 bits per heavy atom. The maximum atomic E-state index is 12.1. The third-order valence-corrected chi connectivity index (χ3v) is 5.67. The molecule has 0 aromatic carbocycles. The van der Waals surface area contributed by atoms with Crippen molar-refractivity contribution in [3.63, 3.8) is 0 Å². The maximum Gasteiger partial charge on any atom is 0.253 e. The van der Waals surface area contributed by atoms with E-state index in [0.29, 0.717) is 0 Å². The Labute approximate surface area is 197 Å². The number of ether oxygens (including phenoxy) is 4. The van der Waals surface area contributed by atoms with E-state index in [1.54, 1.807) is 0 Å². The molecular weight excluding hydrogens is 484 g/mol. The monoisotopic (exact) mass is 512 g/mol. The summed E-state index contributed by atoms with van der Waals surface area (Å²) < 4.78 is 20.5. The molecule has 0 unspecified atom stereocenters. The van der Waals surface area contributed by atoms with Crippen molar-refractivity contribution in [1.29, 1.82) is 0 Å². The first-order valence-electron chi connectivity index (χ1n) is 10.4. The second kappa shape index (κ2) is 11.4. The fourth-order valence-corrected chi connectivity index (χ4v) is 3.79. The molecule has 16 nitrogen and oxygen atoms in total. The topological polar surface area (TPSA) is 279 Å². The van der Waals surface area contributed by atoms with Gasteiger partial charge in [0.25, 0.3) is 5.79 Å². The molecule has 0 radical (unpaired) electrons. The fraction of sp³-hybridized carbons (Fsp3) is 0.789. The van der Waals surface area contributed by atoms with Gasteiger partial charge in [0, 0.05) is 6.42 Å². The van der Waals surface area contributed by atoms with Crippen LogP contribution in [0.1, 0.15) is 13.3 Å². The lowest BCUT2D eigenvalue weighted by atomic mass is 9.88. The molecule has 2 aliphatic rings. The molecule has 8 N–H and O–H groups in total. The van der Waals surface area contributed by atoms with Crippen LogP contribution in [0.3, 0.4) is 0 Å². The molecule has 35 heavy (non-hydrogen) atoms. The van der Waals surface area contributed by atoms with E-state index in [-0.39, 0.29) is 0 Å². The largest absolute Gasteiger partial charge is 0.544 e. The van der Waals surface area contributed by atoms with Gasteiger partial charge in [-0.3, -0.25) is 0 Å². The summed E-state index contributed by atoms with van der Waals surface area (Å²) in [6.45, 7) is -0.740. The summed E-state index contributed by atoms with van der Waals surface area (Å²) in [4.78, 5) is 24.0. The standard InChI is InChI=1S/C19H30O16/c1-2-3-32-18(16(28)29)4-9(10(24)13(34-18)7(22)5-20)33-19(17(30)31)15(27)12(26)11(25)14(35-19)8(23)6-21/h2-3,7-15,20-27H,4-6H2,1H3,(H,28,29)(H,30,31)/p-2/b3-2+/t7-,8-,9-,10-,11-,12+,13-,14-,15+,18-,19-/m1/s1. The van der Waals surface area contributed by atoms with Gasteiger partial charge in [0.2, 0.25) is 5.79 Å². The number of carboxylic acid groups (broad SMARTS) is 2. The summed E-state index contributed by atoms with van der Waals surface area (Å²) in [5, 5.41) is 104. The van der Waals surface area contributed by atoms with Gasteiger partial charge in [0.15, 0.2) is 0 Å². The normalized spacial score (nSPS) is 41.9. The second-order valence-corrected chi connectivity index (χ2v) is 8.02. The van der Waals surface area contributed by atoms with Gasteiger partial charge >= 0.3 is 0 Å². The Bertz CT molecular complexity index is 776. The summed E-state index contributed by atoms with van der Waals surface area (Å²) in [7, 11) is 0. The van der Waals surface area contributed by atoms with Gasteiger partial charge < -0.3 is 79.6 Å². The summed E-state index contributed by atoms with van der Waals surface area (Å²) >= 11 is 0. The van der Waals surface area contributed by atoms with E-state index in [4.69, 9.17) is 18.9 Å². The quantitative estimate of drug-likeness (QED) is 0.126. The summed E-state index contributed by atoms with van der Waals surface area (Å²) in [6, 6.07) is 0. The summed E-state index contributed by atoms with van der Waals surface area (Å²) in [6.07, 6.45) is -18.4. The first kappa shape index (κ1) is 29.3. The minimum Gasteiger partial charge on any atom is -0.544 e. The Morgan fingerprint density at radius 2 is 1.51 bits per heavy atom. The Hall–Kier alpha value is -1.96. The third-order valence-electron chi connectivity index (χ3n) is 5.67. The van der Waals surface area contributed by atoms with E-state index >= 15 is 0 Å². The van der Waals surface area contributed by atoms with Gasteiger partial charge in [0.05, 0.1) is 25.6 Å². The molecule has 0 bridgehead atoms. The van der Waals surface area contributed by atoms with E-state index in [0.717, 1.165) is 6.26 Å². The maximum absolute atomic E-state index is 12.1. The highest BCUT2D eigenvalue weighted by Gasteiger charge is 2.61. The number of carbonyl (C=O) groups excluding carboxylic acids is 2. The van der Waals surface area contributed by atoms with E-state index < -0.39 is 98.1 Å². The predicted octanol–water partition coefficient (Wildman–Crippen LogP) is -7.85. The van der Waals surface area contributed by atoms with Crippen LogP contribution >= 0.6 is 0 Å². The minimum atomic E-state index is -3.46. The van der Waals surface area contributed by atoms with Gasteiger partial charge in [-0.25, -0.2) is 0 Å². The average Bonchev–Trinajstić information content (AvgIpc) is 2.83. The number of carboxylic acids is 2. The van der Waals surface area contributed by atoms with Crippen LogP contribution in [0.4, 0.5) is 0 Å². The van der Waals surface area contributed by atoms with Crippen LogP contribution in [0, 0.1) is 0 Å². The van der Waals surface area contributed by atoms with Gasteiger partial charge in [0.1, 0.15) is 60.8 Å². The van der Waals surface area contributed by atoms with Crippen molar-refractivity contribution in [2.24, 2.45) is 0 Å². The molecule has 0 aromatic rings. The van der Waals surface area contributed by atoms with Crippen LogP contribution < -0.4 is 10.2 Å². The van der Waals surface area contributed by atoms with Crippen LogP contribution in [0.2, 0.25) is 0 Å². The Kier molecular flexibility index (Phi) is 9.53. The zero-order chi connectivity index (χ0) is 26.7. The lowest BCUT2D eigenvalue weighted by molar-refractivity contribution is -0.430. The number of aliphatic carboxylic acids is 2. The van der Waals surface area contributed by atoms with Crippen LogP contribution in [0.5, 0.6) is 0 Å². The lowest BCUT2D eigenvalue weighted by Gasteiger charge is -2.53. The first-order valence-corrected chi connectivity index (χ1v) is 10.4. The van der Waals surface area contributed by atoms with E-state index in [2.05, 4.69) is 0 Å². The highest BCUT2D eigenvalue weighted by atomic mass is 16.8. The van der Waals surface area contributed by atoms with Gasteiger partial charge in [-0.15, -0.1) is 0 Å². The van der Waals surface area contributed by atoms with Crippen molar-refractivity contribution in [3.05, 3.63) is 12.3 Å². The van der Waals surface area contributed by atoms with Gasteiger partial charge in [-0.2, -0.15) is 0 Å². The average molecular weight is 512 g/mol. The molecule has 11 atom stereocenters. The summed E-state index contributed by atoms with van der Waals surface area (Å²) in [5.74, 6) is -10.7. The number of allylic oxidation sites excluding steroid dienone is 1. The molecular formula is C19H28O16-2. The molecule has 0 spiro atoms. The molecule has 0 aliphatic carbocycles. The van der Waals surface area contributed by atoms with E-state index in [1.165, 1.54) is 13.0 Å². The third kappa shape index (κ3) is 5.42.